The first kappa shape index (κ1) is 23.4. The molecule has 2 N–H and O–H groups in total. The van der Waals surface area contributed by atoms with E-state index >= 15 is 0 Å². The average Bonchev–Trinajstić information content (AvgIpc) is 2.67. The Morgan fingerprint density at radius 3 is 2.10 bits per heavy atom. The van der Waals surface area contributed by atoms with Gasteiger partial charge in [-0.1, -0.05) is 63.2 Å². The monoisotopic (exact) mass is 431 g/mol. The quantitative estimate of drug-likeness (QED) is 0.485. The van der Waals surface area contributed by atoms with Gasteiger partial charge in [0.05, 0.1) is 10.6 Å². The molecule has 7 nitrogen and oxygen atoms in total. The highest BCUT2D eigenvalue weighted by molar-refractivity contribution is 7.90. The van der Waals surface area contributed by atoms with Gasteiger partial charge in [-0.15, -0.1) is 0 Å². The molecule has 0 atom stereocenters. The van der Waals surface area contributed by atoms with E-state index in [0.29, 0.717) is 17.0 Å². The maximum absolute atomic E-state index is 12.8. The molecule has 30 heavy (non-hydrogen) atoms. The molecular formula is C22H29N3O4S. The van der Waals surface area contributed by atoms with Crippen LogP contribution in [0, 0.1) is 0 Å². The third-order valence-electron chi connectivity index (χ3n) is 4.63. The Balaban J connectivity index is 2.31. The van der Waals surface area contributed by atoms with Crippen LogP contribution in [0.5, 0.6) is 0 Å². The molecule has 0 heterocycles. The molecule has 162 valence electrons. The maximum Gasteiger partial charge on any atom is 0.333 e. The molecule has 0 aliphatic carbocycles. The van der Waals surface area contributed by atoms with Gasteiger partial charge in [0.1, 0.15) is 7.11 Å². The molecule has 0 aromatic heterocycles. The van der Waals surface area contributed by atoms with Gasteiger partial charge in [-0.3, -0.25) is 0 Å². The number of urea groups is 1. The van der Waals surface area contributed by atoms with Crippen LogP contribution < -0.4 is 10.0 Å². The summed E-state index contributed by atoms with van der Waals surface area (Å²) in [5.41, 5.74) is 3.63. The van der Waals surface area contributed by atoms with Crippen molar-refractivity contribution in [2.24, 2.45) is 5.16 Å². The Kier molecular flexibility index (Phi) is 7.61. The van der Waals surface area contributed by atoms with Crippen LogP contribution in [0.4, 0.5) is 10.5 Å². The standard InChI is InChI=1S/C22H29N3O4S/c1-14(2)19-11-8-12-20(15(3)4)21(19)23-22(26)25-30(27,28)18-10-7-9-17(13-18)16(5)24-29-6/h7-15H,1-6H3,(H2,23,25,26). The molecule has 0 saturated carbocycles. The topological polar surface area (TPSA) is 96.9 Å². The lowest BCUT2D eigenvalue weighted by molar-refractivity contribution is 0.213. The molecule has 8 heteroatoms. The summed E-state index contributed by atoms with van der Waals surface area (Å²) in [6.07, 6.45) is 0. The van der Waals surface area contributed by atoms with Gasteiger partial charge in [0.2, 0.25) is 0 Å². The molecule has 0 unspecified atom stereocenters. The number of para-hydroxylation sites is 1. The number of anilines is 1. The smallest absolute Gasteiger partial charge is 0.333 e. The Morgan fingerprint density at radius 2 is 1.57 bits per heavy atom. The summed E-state index contributed by atoms with van der Waals surface area (Å²) in [5, 5.41) is 6.56. The van der Waals surface area contributed by atoms with Crippen LogP contribution in [0.1, 0.15) is 63.1 Å². The van der Waals surface area contributed by atoms with Gasteiger partial charge < -0.3 is 10.2 Å². The Labute approximate surface area is 178 Å². The molecule has 0 aliphatic rings. The fourth-order valence-corrected chi connectivity index (χ4v) is 4.05. The summed E-state index contributed by atoms with van der Waals surface area (Å²) in [7, 11) is -2.66. The highest BCUT2D eigenvalue weighted by atomic mass is 32.2. The number of nitrogens with one attached hydrogen (secondary N) is 2. The molecule has 0 saturated heterocycles. The van der Waals surface area contributed by atoms with Crippen LogP contribution in [0.25, 0.3) is 0 Å². The van der Waals surface area contributed by atoms with Gasteiger partial charge >= 0.3 is 6.03 Å². The van der Waals surface area contributed by atoms with Crippen LogP contribution in [0.3, 0.4) is 0 Å². The molecular weight excluding hydrogens is 402 g/mol. The lowest BCUT2D eigenvalue weighted by Gasteiger charge is -2.20. The van der Waals surface area contributed by atoms with E-state index in [9.17, 15) is 13.2 Å². The first-order valence-electron chi connectivity index (χ1n) is 9.71. The summed E-state index contributed by atoms with van der Waals surface area (Å²) in [6.45, 7) is 9.79. The summed E-state index contributed by atoms with van der Waals surface area (Å²) >= 11 is 0. The number of carbonyl (C=O) groups is 1. The number of sulfonamides is 1. The lowest BCUT2D eigenvalue weighted by atomic mass is 9.93. The summed E-state index contributed by atoms with van der Waals surface area (Å²) < 4.78 is 27.6. The minimum absolute atomic E-state index is 0.0398. The van der Waals surface area contributed by atoms with Gasteiger partial charge in [0, 0.05) is 11.3 Å². The van der Waals surface area contributed by atoms with E-state index in [2.05, 4.69) is 15.2 Å². The second-order valence-electron chi connectivity index (χ2n) is 7.57. The van der Waals surface area contributed by atoms with Crippen LogP contribution >= 0.6 is 0 Å². The Hall–Kier alpha value is -2.87. The van der Waals surface area contributed by atoms with Crippen molar-refractivity contribution in [3.63, 3.8) is 0 Å². The van der Waals surface area contributed by atoms with Gasteiger partial charge in [-0.25, -0.2) is 17.9 Å². The van der Waals surface area contributed by atoms with Crippen LogP contribution in [0.15, 0.2) is 52.5 Å². The molecule has 0 spiro atoms. The zero-order valence-electron chi connectivity index (χ0n) is 18.2. The first-order chi connectivity index (χ1) is 14.1. The largest absolute Gasteiger partial charge is 0.399 e. The van der Waals surface area contributed by atoms with Crippen molar-refractivity contribution >= 4 is 27.5 Å². The zero-order chi connectivity index (χ0) is 22.5. The predicted molar refractivity (Wildman–Crippen MR) is 120 cm³/mol. The van der Waals surface area contributed by atoms with Crippen molar-refractivity contribution in [2.45, 2.75) is 51.3 Å². The third kappa shape index (κ3) is 5.60. The highest BCUT2D eigenvalue weighted by Crippen LogP contribution is 2.32. The molecule has 0 aliphatic heterocycles. The second-order valence-corrected chi connectivity index (χ2v) is 9.25. The SMILES string of the molecule is CON=C(C)c1cccc(S(=O)(=O)NC(=O)Nc2c(C(C)C)cccc2C(C)C)c1. The number of amides is 2. The van der Waals surface area contributed by atoms with Crippen molar-refractivity contribution in [2.75, 3.05) is 12.4 Å². The van der Waals surface area contributed by atoms with E-state index in [4.69, 9.17) is 4.84 Å². The van der Waals surface area contributed by atoms with Crippen molar-refractivity contribution < 1.29 is 18.0 Å². The maximum atomic E-state index is 12.8. The molecule has 0 fully saturated rings. The van der Waals surface area contributed by atoms with Gasteiger partial charge in [0.15, 0.2) is 0 Å². The van der Waals surface area contributed by atoms with E-state index in [-0.39, 0.29) is 16.7 Å². The molecule has 2 aromatic carbocycles. The highest BCUT2D eigenvalue weighted by Gasteiger charge is 2.21. The first-order valence-corrected chi connectivity index (χ1v) is 11.2. The lowest BCUT2D eigenvalue weighted by Crippen LogP contribution is -2.35. The number of oxime groups is 1. The summed E-state index contributed by atoms with van der Waals surface area (Å²) in [6, 6.07) is 11.2. The number of hydrogen-bond donors (Lipinski definition) is 2. The van der Waals surface area contributed by atoms with Crippen molar-refractivity contribution in [3.8, 4) is 0 Å². The van der Waals surface area contributed by atoms with Crippen LogP contribution in [-0.2, 0) is 14.9 Å². The average molecular weight is 432 g/mol. The van der Waals surface area contributed by atoms with Gasteiger partial charge in [-0.2, -0.15) is 0 Å². The minimum atomic E-state index is -4.07. The third-order valence-corrected chi connectivity index (χ3v) is 5.96. The number of carbonyl (C=O) groups excluding carboxylic acids is 1. The van der Waals surface area contributed by atoms with Crippen molar-refractivity contribution in [1.82, 2.24) is 4.72 Å². The fraction of sp³-hybridized carbons (Fsp3) is 0.364. The van der Waals surface area contributed by atoms with E-state index < -0.39 is 16.1 Å². The zero-order valence-corrected chi connectivity index (χ0v) is 19.0. The fourth-order valence-electron chi connectivity index (χ4n) is 3.09. The summed E-state index contributed by atoms with van der Waals surface area (Å²) in [5.74, 6) is 0.325. The van der Waals surface area contributed by atoms with E-state index in [0.717, 1.165) is 11.1 Å². The van der Waals surface area contributed by atoms with E-state index in [1.807, 2.05) is 45.9 Å². The Morgan fingerprint density at radius 1 is 1.00 bits per heavy atom. The molecule has 2 rings (SSSR count). The predicted octanol–water partition coefficient (Wildman–Crippen LogP) is 4.81. The molecule has 0 radical (unpaired) electrons. The Bertz CT molecular complexity index is 1020. The van der Waals surface area contributed by atoms with Crippen LogP contribution in [-0.4, -0.2) is 27.3 Å². The molecule has 0 bridgehead atoms. The number of nitrogens with zero attached hydrogens (tertiary/aromatic N) is 1. The molecule has 2 amide bonds. The van der Waals surface area contributed by atoms with Gasteiger partial charge in [-0.05, 0) is 42.0 Å². The molecule has 2 aromatic rings. The summed E-state index contributed by atoms with van der Waals surface area (Å²) in [4.78, 5) is 17.3. The normalized spacial score (nSPS) is 12.2. The number of hydrogen-bond acceptors (Lipinski definition) is 5. The number of benzene rings is 2. The minimum Gasteiger partial charge on any atom is -0.399 e. The van der Waals surface area contributed by atoms with Gasteiger partial charge in [0.25, 0.3) is 10.0 Å². The van der Waals surface area contributed by atoms with Crippen molar-refractivity contribution in [3.05, 3.63) is 59.2 Å². The van der Waals surface area contributed by atoms with Crippen molar-refractivity contribution in [1.29, 1.82) is 0 Å². The van der Waals surface area contributed by atoms with E-state index in [1.165, 1.54) is 19.2 Å². The number of rotatable bonds is 7. The van der Waals surface area contributed by atoms with Crippen LogP contribution in [0.2, 0.25) is 0 Å². The van der Waals surface area contributed by atoms with E-state index in [1.54, 1.807) is 19.1 Å². The second kappa shape index (κ2) is 9.75.